The highest BCUT2D eigenvalue weighted by Crippen LogP contribution is 2.36. The molecule has 1 unspecified atom stereocenters. The van der Waals surface area contributed by atoms with Crippen molar-refractivity contribution in [2.75, 3.05) is 23.3 Å². The van der Waals surface area contributed by atoms with E-state index < -0.39 is 6.10 Å². The molecule has 0 aromatic heterocycles. The van der Waals surface area contributed by atoms with Gasteiger partial charge in [-0.3, -0.25) is 4.79 Å². The second-order valence-electron chi connectivity index (χ2n) is 5.55. The van der Waals surface area contributed by atoms with Gasteiger partial charge in [-0.2, -0.15) is 0 Å². The maximum absolute atomic E-state index is 11.5. The summed E-state index contributed by atoms with van der Waals surface area (Å²) < 4.78 is 0. The largest absolute Gasteiger partial charge is 0.378 e. The molecule has 0 radical (unpaired) electrons. The molecule has 1 aliphatic heterocycles. The van der Waals surface area contributed by atoms with Crippen molar-refractivity contribution >= 4 is 17.3 Å². The summed E-state index contributed by atoms with van der Waals surface area (Å²) in [6.45, 7) is 4.31. The van der Waals surface area contributed by atoms with Gasteiger partial charge in [0.1, 0.15) is 0 Å². The smallest absolute Gasteiger partial charge is 0.257 e. The summed E-state index contributed by atoms with van der Waals surface area (Å²) in [5.74, 6) is 0.511. The second kappa shape index (κ2) is 4.85. The van der Waals surface area contributed by atoms with E-state index in [0.717, 1.165) is 36.8 Å². The van der Waals surface area contributed by atoms with E-state index in [4.69, 9.17) is 0 Å². The van der Waals surface area contributed by atoms with Crippen LogP contribution >= 0.6 is 0 Å². The summed E-state index contributed by atoms with van der Waals surface area (Å²) in [5.41, 5.74) is 2.59. The first-order chi connectivity index (χ1) is 9.19. The molecule has 4 nitrogen and oxygen atoms in total. The van der Waals surface area contributed by atoms with Gasteiger partial charge in [0.15, 0.2) is 6.10 Å². The van der Waals surface area contributed by atoms with Crippen molar-refractivity contribution < 1.29 is 9.90 Å². The second-order valence-corrected chi connectivity index (χ2v) is 5.55. The van der Waals surface area contributed by atoms with Gasteiger partial charge in [0.05, 0.1) is 0 Å². The molecule has 2 aliphatic rings. The maximum Gasteiger partial charge on any atom is 0.257 e. The number of nitrogens with zero attached hydrogens (tertiary/aromatic N) is 1. The first kappa shape index (κ1) is 12.5. The van der Waals surface area contributed by atoms with E-state index in [1.54, 1.807) is 0 Å². The fourth-order valence-electron chi connectivity index (χ4n) is 2.64. The Balaban J connectivity index is 1.83. The van der Waals surface area contributed by atoms with Crippen LogP contribution in [0.5, 0.6) is 0 Å². The van der Waals surface area contributed by atoms with E-state index in [1.165, 1.54) is 12.8 Å². The number of nitrogens with one attached hydrogen (secondary N) is 1. The van der Waals surface area contributed by atoms with Gasteiger partial charge in [-0.15, -0.1) is 0 Å². The quantitative estimate of drug-likeness (QED) is 0.854. The van der Waals surface area contributed by atoms with Crippen molar-refractivity contribution in [2.45, 2.75) is 32.3 Å². The van der Waals surface area contributed by atoms with Gasteiger partial charge in [0.25, 0.3) is 5.91 Å². The molecule has 19 heavy (non-hydrogen) atoms. The van der Waals surface area contributed by atoms with Gasteiger partial charge < -0.3 is 15.3 Å². The maximum atomic E-state index is 11.5. The average molecular weight is 260 g/mol. The van der Waals surface area contributed by atoms with Crippen LogP contribution in [-0.4, -0.2) is 24.1 Å². The van der Waals surface area contributed by atoms with E-state index in [1.807, 2.05) is 18.2 Å². The third-order valence-corrected chi connectivity index (χ3v) is 3.87. The van der Waals surface area contributed by atoms with Crippen LogP contribution in [0.3, 0.4) is 0 Å². The molecule has 0 bridgehead atoms. The molecule has 2 N–H and O–H groups in total. The van der Waals surface area contributed by atoms with Crippen molar-refractivity contribution in [1.29, 1.82) is 0 Å². The minimum absolute atomic E-state index is 0.323. The molecule has 1 atom stereocenters. The normalized spacial score (nSPS) is 21.2. The zero-order chi connectivity index (χ0) is 13.4. The first-order valence-corrected chi connectivity index (χ1v) is 7.07. The van der Waals surface area contributed by atoms with Crippen LogP contribution in [0.2, 0.25) is 0 Å². The number of rotatable bonds is 5. The summed E-state index contributed by atoms with van der Waals surface area (Å²) in [7, 11) is 0. The predicted octanol–water partition coefficient (Wildman–Crippen LogP) is 2.30. The molecule has 1 saturated carbocycles. The van der Waals surface area contributed by atoms with Crippen LogP contribution in [0.25, 0.3) is 0 Å². The number of anilines is 2. The summed E-state index contributed by atoms with van der Waals surface area (Å²) in [5, 5.41) is 12.5. The standard InChI is InChI=1S/C15H20N2O2/c1-2-7-17(9-10-3-4-10)11-5-6-12-13(8-11)16-15(19)14(12)18/h5-6,8,10,14,18H,2-4,7,9H2,1H3,(H,16,19). The monoisotopic (exact) mass is 260 g/mol. The van der Waals surface area contributed by atoms with Gasteiger partial charge in [0.2, 0.25) is 0 Å². The lowest BCUT2D eigenvalue weighted by molar-refractivity contribution is -0.123. The van der Waals surface area contributed by atoms with E-state index in [-0.39, 0.29) is 5.91 Å². The highest BCUT2D eigenvalue weighted by Gasteiger charge is 2.29. The molecular weight excluding hydrogens is 240 g/mol. The lowest BCUT2D eigenvalue weighted by Crippen LogP contribution is -2.26. The number of carbonyl (C=O) groups is 1. The van der Waals surface area contributed by atoms with Crippen molar-refractivity contribution in [2.24, 2.45) is 5.92 Å². The number of hydrogen-bond acceptors (Lipinski definition) is 3. The zero-order valence-electron chi connectivity index (χ0n) is 11.2. The summed E-state index contributed by atoms with van der Waals surface area (Å²) >= 11 is 0. The Morgan fingerprint density at radius 3 is 2.89 bits per heavy atom. The molecule has 0 saturated heterocycles. The van der Waals surface area contributed by atoms with Gasteiger partial charge in [-0.1, -0.05) is 13.0 Å². The zero-order valence-corrected chi connectivity index (χ0v) is 11.2. The van der Waals surface area contributed by atoms with Crippen LogP contribution in [0.4, 0.5) is 11.4 Å². The minimum atomic E-state index is -1.01. The number of hydrogen-bond donors (Lipinski definition) is 2. The highest BCUT2D eigenvalue weighted by atomic mass is 16.3. The fraction of sp³-hybridized carbons (Fsp3) is 0.533. The Kier molecular flexibility index (Phi) is 3.19. The predicted molar refractivity (Wildman–Crippen MR) is 75.3 cm³/mol. The SMILES string of the molecule is CCCN(CC1CC1)c1ccc2c(c1)NC(=O)C2O. The van der Waals surface area contributed by atoms with Gasteiger partial charge in [0, 0.05) is 30.0 Å². The molecule has 1 aromatic carbocycles. The number of amides is 1. The molecule has 1 aromatic rings. The highest BCUT2D eigenvalue weighted by molar-refractivity contribution is 6.02. The minimum Gasteiger partial charge on any atom is -0.378 e. The number of fused-ring (bicyclic) bond motifs is 1. The van der Waals surface area contributed by atoms with Gasteiger partial charge in [-0.05, 0) is 37.3 Å². The fourth-order valence-corrected chi connectivity index (χ4v) is 2.64. The van der Waals surface area contributed by atoms with Crippen LogP contribution < -0.4 is 10.2 Å². The average Bonchev–Trinajstić information content (AvgIpc) is 3.16. The molecule has 1 fully saturated rings. The third kappa shape index (κ3) is 2.45. The first-order valence-electron chi connectivity index (χ1n) is 7.07. The van der Waals surface area contributed by atoms with Gasteiger partial charge >= 0.3 is 0 Å². The van der Waals surface area contributed by atoms with Crippen molar-refractivity contribution in [3.63, 3.8) is 0 Å². The molecule has 3 rings (SSSR count). The Morgan fingerprint density at radius 2 is 2.21 bits per heavy atom. The summed E-state index contributed by atoms with van der Waals surface area (Å²) in [6.07, 6.45) is 2.77. The third-order valence-electron chi connectivity index (χ3n) is 3.87. The van der Waals surface area contributed by atoms with E-state index in [2.05, 4.69) is 17.1 Å². The topological polar surface area (TPSA) is 52.6 Å². The lowest BCUT2D eigenvalue weighted by Gasteiger charge is -2.25. The Labute approximate surface area is 113 Å². The summed E-state index contributed by atoms with van der Waals surface area (Å²) in [6, 6.07) is 5.87. The number of aliphatic hydroxyl groups excluding tert-OH is 1. The molecular formula is C15H20N2O2. The number of aliphatic hydroxyl groups is 1. The summed E-state index contributed by atoms with van der Waals surface area (Å²) in [4.78, 5) is 13.8. The molecule has 1 aliphatic carbocycles. The molecule has 1 heterocycles. The van der Waals surface area contributed by atoms with E-state index >= 15 is 0 Å². The molecule has 102 valence electrons. The number of benzene rings is 1. The Hall–Kier alpha value is -1.55. The molecule has 1 amide bonds. The van der Waals surface area contributed by atoms with E-state index in [0.29, 0.717) is 5.56 Å². The van der Waals surface area contributed by atoms with E-state index in [9.17, 15) is 9.90 Å². The van der Waals surface area contributed by atoms with Crippen LogP contribution in [0, 0.1) is 5.92 Å². The van der Waals surface area contributed by atoms with Crippen molar-refractivity contribution in [1.82, 2.24) is 0 Å². The van der Waals surface area contributed by atoms with Crippen LogP contribution in [0.1, 0.15) is 37.9 Å². The van der Waals surface area contributed by atoms with Gasteiger partial charge in [-0.25, -0.2) is 0 Å². The van der Waals surface area contributed by atoms with Crippen LogP contribution in [0.15, 0.2) is 18.2 Å². The number of carbonyl (C=O) groups excluding carboxylic acids is 1. The van der Waals surface area contributed by atoms with Crippen LogP contribution in [-0.2, 0) is 4.79 Å². The van der Waals surface area contributed by atoms with Crippen molar-refractivity contribution in [3.8, 4) is 0 Å². The molecule has 4 heteroatoms. The van der Waals surface area contributed by atoms with Crippen molar-refractivity contribution in [3.05, 3.63) is 23.8 Å². The Bertz CT molecular complexity index is 497. The molecule has 0 spiro atoms. The Morgan fingerprint density at radius 1 is 1.42 bits per heavy atom. The lowest BCUT2D eigenvalue weighted by atomic mass is 10.1.